The van der Waals surface area contributed by atoms with Gasteiger partial charge in [-0.3, -0.25) is 24.0 Å². The molecule has 7 heteroatoms. The molecule has 0 bridgehead atoms. The van der Waals surface area contributed by atoms with Crippen LogP contribution in [0.3, 0.4) is 0 Å². The Hall–Kier alpha value is -3.89. The van der Waals surface area contributed by atoms with Crippen molar-refractivity contribution in [2.45, 2.75) is 53.1 Å². The Balaban J connectivity index is 1.73. The van der Waals surface area contributed by atoms with Crippen molar-refractivity contribution in [1.82, 2.24) is 0 Å². The number of hydrogen-bond acceptors (Lipinski definition) is 7. The van der Waals surface area contributed by atoms with Gasteiger partial charge in [0.1, 0.15) is 17.5 Å². The monoisotopic (exact) mass is 540 g/mol. The largest absolute Gasteiger partial charge is 0.507 e. The first-order valence-electron chi connectivity index (χ1n) is 13.5. The standard InChI is InChI=1S/C33H32O7/c1-7-18-8-10-19(11-9-18)20-12-13-22(35)24-21(20)14-31(5)15-32(6)25(16(2)3)27(36)23(17(4)34)29(38)33(32,40)30(39)26(31)28(24)37/h1,8-13,16,23,25-26,35,40H,14-15H2,2-6H3/t23?,25?,26?,31-,32-,33+/m1/s1. The van der Waals surface area contributed by atoms with Gasteiger partial charge in [-0.05, 0) is 66.0 Å². The summed E-state index contributed by atoms with van der Waals surface area (Å²) in [5.74, 6) is -6.49. The molecular weight excluding hydrogens is 508 g/mol. The van der Waals surface area contributed by atoms with Crippen molar-refractivity contribution in [2.75, 3.05) is 0 Å². The van der Waals surface area contributed by atoms with E-state index in [1.807, 2.05) is 12.1 Å². The average molecular weight is 541 g/mol. The molecule has 2 aromatic carbocycles. The first-order chi connectivity index (χ1) is 18.6. The highest BCUT2D eigenvalue weighted by molar-refractivity contribution is 6.32. The highest BCUT2D eigenvalue weighted by atomic mass is 16.3. The summed E-state index contributed by atoms with van der Waals surface area (Å²) < 4.78 is 0. The van der Waals surface area contributed by atoms with Crippen LogP contribution >= 0.6 is 0 Å². The maximum absolute atomic E-state index is 14.3. The van der Waals surface area contributed by atoms with Crippen LogP contribution in [0.2, 0.25) is 0 Å². The smallest absolute Gasteiger partial charge is 0.190 e. The lowest BCUT2D eigenvalue weighted by atomic mass is 9.40. The second-order valence-electron chi connectivity index (χ2n) is 12.5. The van der Waals surface area contributed by atoms with Gasteiger partial charge in [0.2, 0.25) is 0 Å². The third kappa shape index (κ3) is 3.38. The molecular formula is C33H32O7. The molecule has 0 aliphatic heterocycles. The van der Waals surface area contributed by atoms with Crippen molar-refractivity contribution in [3.63, 3.8) is 0 Å². The van der Waals surface area contributed by atoms with E-state index >= 15 is 0 Å². The first-order valence-corrected chi connectivity index (χ1v) is 13.5. The van der Waals surface area contributed by atoms with Gasteiger partial charge >= 0.3 is 0 Å². The van der Waals surface area contributed by atoms with E-state index in [9.17, 15) is 34.2 Å². The van der Waals surface area contributed by atoms with E-state index in [0.29, 0.717) is 16.7 Å². The van der Waals surface area contributed by atoms with Crippen LogP contribution in [0.5, 0.6) is 5.75 Å². The van der Waals surface area contributed by atoms with Crippen molar-refractivity contribution in [1.29, 1.82) is 0 Å². The summed E-state index contributed by atoms with van der Waals surface area (Å²) in [5, 5.41) is 22.9. The van der Waals surface area contributed by atoms with Crippen molar-refractivity contribution in [3.05, 3.63) is 53.1 Å². The second kappa shape index (κ2) is 8.81. The Labute approximate surface area is 233 Å². The second-order valence-corrected chi connectivity index (χ2v) is 12.5. The third-order valence-electron chi connectivity index (χ3n) is 9.63. The van der Waals surface area contributed by atoms with Crippen LogP contribution in [0.1, 0.15) is 62.5 Å². The third-order valence-corrected chi connectivity index (χ3v) is 9.63. The van der Waals surface area contributed by atoms with Gasteiger partial charge in [0, 0.05) is 16.9 Å². The molecule has 0 aromatic heterocycles. The molecule has 40 heavy (non-hydrogen) atoms. The van der Waals surface area contributed by atoms with Gasteiger partial charge in [0.05, 0.1) is 11.5 Å². The van der Waals surface area contributed by atoms with Gasteiger partial charge in [-0.25, -0.2) is 0 Å². The minimum Gasteiger partial charge on any atom is -0.507 e. The molecule has 3 unspecified atom stereocenters. The molecule has 2 saturated carbocycles. The molecule has 2 fully saturated rings. The van der Waals surface area contributed by atoms with Crippen molar-refractivity contribution < 1.29 is 34.2 Å². The number of rotatable bonds is 3. The fourth-order valence-corrected chi connectivity index (χ4v) is 8.15. The summed E-state index contributed by atoms with van der Waals surface area (Å²) >= 11 is 0. The lowest BCUT2D eigenvalue weighted by Gasteiger charge is -2.61. The van der Waals surface area contributed by atoms with Gasteiger partial charge in [0.25, 0.3) is 0 Å². The van der Waals surface area contributed by atoms with Crippen LogP contribution in [-0.4, -0.2) is 44.7 Å². The Morgan fingerprint density at radius 2 is 1.65 bits per heavy atom. The van der Waals surface area contributed by atoms with E-state index in [1.165, 1.54) is 6.07 Å². The molecule has 6 atom stereocenters. The number of aliphatic hydroxyl groups is 1. The molecule has 0 heterocycles. The number of Topliss-reactive ketones (excluding diaryl/α,β-unsaturated/α-hetero) is 5. The van der Waals surface area contributed by atoms with Crippen LogP contribution in [0.25, 0.3) is 11.1 Å². The SMILES string of the molecule is C#Cc1ccc(-c2ccc(O)c3c2C[C@]2(C)C[C@]4(C)C(C(C)C)C(=O)C(C(C)=O)C(=O)[C@]4(O)C(=O)C2C3=O)cc1. The van der Waals surface area contributed by atoms with E-state index < -0.39 is 69.0 Å². The first kappa shape index (κ1) is 27.7. The fourth-order valence-electron chi connectivity index (χ4n) is 8.15. The van der Waals surface area contributed by atoms with E-state index in [-0.39, 0.29) is 24.2 Å². The Bertz CT molecular complexity index is 1560. The van der Waals surface area contributed by atoms with E-state index in [4.69, 9.17) is 6.42 Å². The van der Waals surface area contributed by atoms with Crippen molar-refractivity contribution >= 4 is 28.9 Å². The molecule has 5 rings (SSSR count). The number of ketones is 5. The summed E-state index contributed by atoms with van der Waals surface area (Å²) in [6, 6.07) is 10.3. The molecule has 2 aromatic rings. The van der Waals surface area contributed by atoms with Gasteiger partial charge in [-0.2, -0.15) is 0 Å². The van der Waals surface area contributed by atoms with Gasteiger partial charge in [-0.15, -0.1) is 6.42 Å². The van der Waals surface area contributed by atoms with Gasteiger partial charge < -0.3 is 10.2 Å². The zero-order valence-electron chi connectivity index (χ0n) is 23.2. The quantitative estimate of drug-likeness (QED) is 0.449. The molecule has 0 saturated heterocycles. The normalized spacial score (nSPS) is 33.2. The molecule has 206 valence electrons. The number of fused-ring (bicyclic) bond motifs is 3. The van der Waals surface area contributed by atoms with E-state index in [2.05, 4.69) is 5.92 Å². The predicted molar refractivity (Wildman–Crippen MR) is 146 cm³/mol. The van der Waals surface area contributed by atoms with E-state index in [0.717, 1.165) is 12.5 Å². The number of aromatic hydroxyl groups is 1. The molecule has 0 amide bonds. The zero-order chi connectivity index (χ0) is 29.5. The number of phenolic OH excluding ortho intramolecular Hbond substituents is 1. The number of benzene rings is 2. The fraction of sp³-hybridized carbons (Fsp3) is 0.424. The Kier molecular flexibility index (Phi) is 6.09. The minimum atomic E-state index is -2.71. The van der Waals surface area contributed by atoms with Gasteiger partial charge in [0.15, 0.2) is 28.7 Å². The minimum absolute atomic E-state index is 0.00810. The molecule has 0 spiro atoms. The summed E-state index contributed by atoms with van der Waals surface area (Å²) in [4.78, 5) is 68.3. The van der Waals surface area contributed by atoms with Crippen LogP contribution < -0.4 is 0 Å². The summed E-state index contributed by atoms with van der Waals surface area (Å²) in [6.45, 7) is 7.94. The van der Waals surface area contributed by atoms with Crippen molar-refractivity contribution in [3.8, 4) is 29.2 Å². The predicted octanol–water partition coefficient (Wildman–Crippen LogP) is 3.74. The van der Waals surface area contributed by atoms with Crippen LogP contribution in [-0.2, 0) is 25.6 Å². The van der Waals surface area contributed by atoms with Crippen LogP contribution in [0.4, 0.5) is 0 Å². The van der Waals surface area contributed by atoms with Crippen LogP contribution in [0, 0.1) is 46.8 Å². The van der Waals surface area contributed by atoms with Crippen molar-refractivity contribution in [2.24, 2.45) is 34.5 Å². The molecule has 0 radical (unpaired) electrons. The summed E-state index contributed by atoms with van der Waals surface area (Å²) in [7, 11) is 0. The number of carbonyl (C=O) groups excluding carboxylic acids is 5. The number of hydrogen-bond donors (Lipinski definition) is 2. The van der Waals surface area contributed by atoms with E-state index in [1.54, 1.807) is 45.9 Å². The topological polar surface area (TPSA) is 126 Å². The average Bonchev–Trinajstić information content (AvgIpc) is 2.86. The number of terminal acetylenes is 1. The molecule has 7 nitrogen and oxygen atoms in total. The maximum atomic E-state index is 14.3. The van der Waals surface area contributed by atoms with Crippen LogP contribution in [0.15, 0.2) is 36.4 Å². The number of phenols is 1. The summed E-state index contributed by atoms with van der Waals surface area (Å²) in [5.41, 5.74) is -2.67. The maximum Gasteiger partial charge on any atom is 0.190 e. The Morgan fingerprint density at radius 1 is 1.02 bits per heavy atom. The lowest BCUT2D eigenvalue weighted by molar-refractivity contribution is -0.205. The highest BCUT2D eigenvalue weighted by Gasteiger charge is 2.76. The molecule has 3 aliphatic carbocycles. The molecule has 3 aliphatic rings. The molecule has 2 N–H and O–H groups in total. The highest BCUT2D eigenvalue weighted by Crippen LogP contribution is 2.64. The van der Waals surface area contributed by atoms with Gasteiger partial charge in [-0.1, -0.05) is 51.8 Å². The number of carbonyl (C=O) groups is 5. The zero-order valence-corrected chi connectivity index (χ0v) is 23.2. The lowest BCUT2D eigenvalue weighted by Crippen LogP contribution is -2.76. The Morgan fingerprint density at radius 3 is 2.20 bits per heavy atom. The summed E-state index contributed by atoms with van der Waals surface area (Å²) in [6.07, 6.45) is 5.69.